The first-order chi connectivity index (χ1) is 6.73. The molecule has 0 bridgehead atoms. The third-order valence-electron chi connectivity index (χ3n) is 2.09. The van der Waals surface area contributed by atoms with Crippen molar-refractivity contribution in [3.8, 4) is 0 Å². The molecule has 1 rings (SSSR count). The van der Waals surface area contributed by atoms with Crippen LogP contribution < -0.4 is 5.56 Å². The highest BCUT2D eigenvalue weighted by molar-refractivity contribution is 9.10. The Morgan fingerprint density at radius 1 is 1.53 bits per heavy atom. The maximum atomic E-state index is 11.3. The fourth-order valence-electron chi connectivity index (χ4n) is 1.08. The molecule has 5 nitrogen and oxygen atoms in total. The Labute approximate surface area is 95.6 Å². The Balaban J connectivity index is 3.40. The van der Waals surface area contributed by atoms with E-state index in [1.165, 1.54) is 23.8 Å². The summed E-state index contributed by atoms with van der Waals surface area (Å²) in [7, 11) is -2.64. The molecular weight excluding hydrogens is 286 g/mol. The molecule has 7 heteroatoms. The Morgan fingerprint density at radius 2 is 2.07 bits per heavy atom. The van der Waals surface area contributed by atoms with Gasteiger partial charge >= 0.3 is 0 Å². The first-order valence-corrected chi connectivity index (χ1v) is 6.35. The standard InChI is InChI=1S/C8H10BrNO4S/c1-5(15(12,13)14)6-3-8(11)10(2)4-7(6)9/h3-5H,1-2H3,(H,12,13,14). The second-order valence-corrected chi connectivity index (χ2v) is 5.77. The van der Waals surface area contributed by atoms with Gasteiger partial charge in [0, 0.05) is 23.8 Å². The van der Waals surface area contributed by atoms with Crippen molar-refractivity contribution in [2.45, 2.75) is 12.2 Å². The molecule has 0 aliphatic rings. The fraction of sp³-hybridized carbons (Fsp3) is 0.375. The second kappa shape index (κ2) is 4.07. The molecule has 0 aliphatic carbocycles. The van der Waals surface area contributed by atoms with Gasteiger partial charge in [-0.2, -0.15) is 8.42 Å². The number of halogens is 1. The molecule has 0 aromatic carbocycles. The summed E-state index contributed by atoms with van der Waals surface area (Å²) in [5.41, 5.74) is -0.0794. The van der Waals surface area contributed by atoms with Crippen LogP contribution in [0.1, 0.15) is 17.7 Å². The zero-order valence-corrected chi connectivity index (χ0v) is 10.5. The predicted octanol–water partition coefficient (Wildman–Crippen LogP) is 1.10. The van der Waals surface area contributed by atoms with E-state index in [0.29, 0.717) is 4.47 Å². The van der Waals surface area contributed by atoms with E-state index in [1.807, 2.05) is 0 Å². The van der Waals surface area contributed by atoms with E-state index in [2.05, 4.69) is 15.9 Å². The number of aromatic nitrogens is 1. The summed E-state index contributed by atoms with van der Waals surface area (Å²) in [5, 5.41) is -1.12. The number of aryl methyl sites for hydroxylation is 1. The van der Waals surface area contributed by atoms with Gasteiger partial charge in [-0.05, 0) is 28.4 Å². The van der Waals surface area contributed by atoms with Gasteiger partial charge in [-0.15, -0.1) is 0 Å². The molecule has 0 fully saturated rings. The van der Waals surface area contributed by atoms with E-state index in [1.54, 1.807) is 7.05 Å². The van der Waals surface area contributed by atoms with Crippen LogP contribution >= 0.6 is 15.9 Å². The van der Waals surface area contributed by atoms with Crippen molar-refractivity contribution in [2.75, 3.05) is 0 Å². The van der Waals surface area contributed by atoms with Crippen LogP contribution in [0.2, 0.25) is 0 Å². The van der Waals surface area contributed by atoms with Gasteiger partial charge in [-0.1, -0.05) is 0 Å². The summed E-state index contributed by atoms with van der Waals surface area (Å²) in [6.45, 7) is 1.31. The van der Waals surface area contributed by atoms with Crippen molar-refractivity contribution in [3.63, 3.8) is 0 Å². The number of pyridine rings is 1. The van der Waals surface area contributed by atoms with Gasteiger partial charge in [0.15, 0.2) is 0 Å². The summed E-state index contributed by atoms with van der Waals surface area (Å²) in [6.07, 6.45) is 1.46. The van der Waals surface area contributed by atoms with E-state index in [-0.39, 0.29) is 11.1 Å². The number of hydrogen-bond acceptors (Lipinski definition) is 3. The zero-order valence-electron chi connectivity index (χ0n) is 8.14. The van der Waals surface area contributed by atoms with Gasteiger partial charge in [-0.3, -0.25) is 9.35 Å². The minimum absolute atomic E-state index is 0.251. The summed E-state index contributed by atoms with van der Waals surface area (Å²) < 4.78 is 32.5. The molecule has 1 aromatic heterocycles. The van der Waals surface area contributed by atoms with Gasteiger partial charge in [0.2, 0.25) is 0 Å². The first-order valence-electron chi connectivity index (χ1n) is 4.06. The minimum atomic E-state index is -4.19. The second-order valence-electron chi connectivity index (χ2n) is 3.18. The van der Waals surface area contributed by atoms with Crippen molar-refractivity contribution in [3.05, 3.63) is 32.7 Å². The van der Waals surface area contributed by atoms with Crippen LogP contribution in [-0.4, -0.2) is 17.5 Å². The van der Waals surface area contributed by atoms with Crippen LogP contribution in [0.15, 0.2) is 21.5 Å². The smallest absolute Gasteiger partial charge is 0.271 e. The van der Waals surface area contributed by atoms with Crippen molar-refractivity contribution >= 4 is 26.0 Å². The van der Waals surface area contributed by atoms with Gasteiger partial charge in [0.05, 0.1) is 0 Å². The Bertz CT molecular complexity index is 534. The summed E-state index contributed by atoms with van der Waals surface area (Å²) in [4.78, 5) is 11.3. The molecule has 84 valence electrons. The highest BCUT2D eigenvalue weighted by Crippen LogP contribution is 2.26. The van der Waals surface area contributed by atoms with E-state index < -0.39 is 15.4 Å². The largest absolute Gasteiger partial charge is 0.317 e. The summed E-state index contributed by atoms with van der Waals surface area (Å²) in [6, 6.07) is 1.18. The Morgan fingerprint density at radius 3 is 2.53 bits per heavy atom. The zero-order chi connectivity index (χ0) is 11.8. The molecule has 1 unspecified atom stereocenters. The highest BCUT2D eigenvalue weighted by Gasteiger charge is 2.22. The normalized spacial score (nSPS) is 13.9. The molecule has 1 N–H and O–H groups in total. The van der Waals surface area contributed by atoms with E-state index in [4.69, 9.17) is 4.55 Å². The third kappa shape index (κ3) is 2.67. The lowest BCUT2D eigenvalue weighted by molar-refractivity contribution is 0.472. The third-order valence-corrected chi connectivity index (χ3v) is 3.90. The number of hydrogen-bond donors (Lipinski definition) is 1. The lowest BCUT2D eigenvalue weighted by Crippen LogP contribution is -2.19. The molecule has 0 saturated heterocycles. The van der Waals surface area contributed by atoms with Crippen molar-refractivity contribution in [1.29, 1.82) is 0 Å². The highest BCUT2D eigenvalue weighted by atomic mass is 79.9. The van der Waals surface area contributed by atoms with E-state index in [9.17, 15) is 13.2 Å². The quantitative estimate of drug-likeness (QED) is 0.829. The molecule has 1 atom stereocenters. The number of rotatable bonds is 2. The summed E-state index contributed by atoms with van der Waals surface area (Å²) >= 11 is 3.14. The van der Waals surface area contributed by atoms with E-state index >= 15 is 0 Å². The van der Waals surface area contributed by atoms with Gasteiger partial charge < -0.3 is 4.57 Å². The van der Waals surface area contributed by atoms with Gasteiger partial charge in [0.1, 0.15) is 5.25 Å². The molecule has 0 saturated carbocycles. The van der Waals surface area contributed by atoms with Crippen LogP contribution in [0.4, 0.5) is 0 Å². The van der Waals surface area contributed by atoms with Crippen molar-refractivity contribution in [2.24, 2.45) is 7.05 Å². The maximum Gasteiger partial charge on any atom is 0.271 e. The lowest BCUT2D eigenvalue weighted by Gasteiger charge is -2.11. The maximum absolute atomic E-state index is 11.3. The minimum Gasteiger partial charge on any atom is -0.317 e. The molecule has 1 aromatic rings. The topological polar surface area (TPSA) is 76.4 Å². The van der Waals surface area contributed by atoms with Gasteiger partial charge in [0.25, 0.3) is 15.7 Å². The Kier molecular flexibility index (Phi) is 3.37. The molecule has 0 spiro atoms. The number of nitrogens with zero attached hydrogens (tertiary/aromatic N) is 1. The summed E-state index contributed by atoms with van der Waals surface area (Å²) in [5.74, 6) is 0. The fourth-order valence-corrected chi connectivity index (χ4v) is 2.52. The molecule has 0 radical (unpaired) electrons. The predicted molar refractivity (Wildman–Crippen MR) is 59.3 cm³/mol. The van der Waals surface area contributed by atoms with Crippen molar-refractivity contribution < 1.29 is 13.0 Å². The van der Waals surface area contributed by atoms with Crippen LogP contribution in [0, 0.1) is 0 Å². The monoisotopic (exact) mass is 295 g/mol. The van der Waals surface area contributed by atoms with Crippen LogP contribution in [-0.2, 0) is 17.2 Å². The van der Waals surface area contributed by atoms with Gasteiger partial charge in [-0.25, -0.2) is 0 Å². The molecule has 1 heterocycles. The average molecular weight is 296 g/mol. The first kappa shape index (κ1) is 12.4. The van der Waals surface area contributed by atoms with Crippen LogP contribution in [0.25, 0.3) is 0 Å². The molecule has 0 aliphatic heterocycles. The van der Waals surface area contributed by atoms with Crippen molar-refractivity contribution in [1.82, 2.24) is 4.57 Å². The van der Waals surface area contributed by atoms with Crippen LogP contribution in [0.3, 0.4) is 0 Å². The SMILES string of the molecule is CC(c1cc(=O)n(C)cc1Br)S(=O)(=O)O. The molecular formula is C8H10BrNO4S. The molecule has 0 amide bonds. The van der Waals surface area contributed by atoms with Crippen LogP contribution in [0.5, 0.6) is 0 Å². The Hall–Kier alpha value is -0.660. The van der Waals surface area contributed by atoms with E-state index in [0.717, 1.165) is 0 Å². The lowest BCUT2D eigenvalue weighted by atomic mass is 10.2. The average Bonchev–Trinajstić information content (AvgIpc) is 2.08. The molecule has 15 heavy (non-hydrogen) atoms.